The third kappa shape index (κ3) is 3.89. The molecule has 2 aromatic heterocycles. The van der Waals surface area contributed by atoms with Crippen LogP contribution in [-0.4, -0.2) is 49.0 Å². The number of carbonyl (C=O) groups excluding carboxylic acids is 1. The number of rotatable bonds is 4. The predicted octanol–water partition coefficient (Wildman–Crippen LogP) is 3.77. The number of carbonyl (C=O) groups is 1. The standard InChI is InChI=1S/C20H23N5OS2/c1-13-18(28-20(22-13)25-9-7-24(2)8-10-25)19(26)23-16-12-14(5-6-15(16)21)17-4-3-11-27-17/h3-6,11-12H,7-10,21H2,1-2H3,(H,23,26). The molecule has 1 fully saturated rings. The topological polar surface area (TPSA) is 74.5 Å². The van der Waals surface area contributed by atoms with Crippen LogP contribution in [0.25, 0.3) is 10.4 Å². The molecule has 1 saturated heterocycles. The molecular formula is C20H23N5OS2. The summed E-state index contributed by atoms with van der Waals surface area (Å²) in [6.45, 7) is 5.76. The fourth-order valence-electron chi connectivity index (χ4n) is 3.17. The second-order valence-corrected chi connectivity index (χ2v) is 8.86. The van der Waals surface area contributed by atoms with Gasteiger partial charge in [-0.3, -0.25) is 4.79 Å². The van der Waals surface area contributed by atoms with Crippen LogP contribution in [0.3, 0.4) is 0 Å². The zero-order chi connectivity index (χ0) is 19.7. The van der Waals surface area contributed by atoms with Crippen molar-refractivity contribution in [2.75, 3.05) is 49.2 Å². The molecule has 3 N–H and O–H groups in total. The lowest BCUT2D eigenvalue weighted by Gasteiger charge is -2.32. The van der Waals surface area contributed by atoms with Crippen molar-refractivity contribution >= 4 is 45.1 Å². The van der Waals surface area contributed by atoms with E-state index in [9.17, 15) is 4.79 Å². The van der Waals surface area contributed by atoms with Gasteiger partial charge in [0.2, 0.25) is 0 Å². The molecule has 0 aliphatic carbocycles. The number of thiazole rings is 1. The smallest absolute Gasteiger partial charge is 0.267 e. The maximum atomic E-state index is 12.9. The second kappa shape index (κ2) is 7.90. The van der Waals surface area contributed by atoms with E-state index in [0.717, 1.165) is 47.4 Å². The van der Waals surface area contributed by atoms with Crippen LogP contribution in [0, 0.1) is 6.92 Å². The van der Waals surface area contributed by atoms with E-state index in [2.05, 4.69) is 33.2 Å². The van der Waals surface area contributed by atoms with E-state index in [4.69, 9.17) is 5.73 Å². The van der Waals surface area contributed by atoms with Gasteiger partial charge in [0.25, 0.3) is 5.91 Å². The lowest BCUT2D eigenvalue weighted by Crippen LogP contribution is -2.44. The number of nitrogens with zero attached hydrogens (tertiary/aromatic N) is 3. The van der Waals surface area contributed by atoms with Crippen LogP contribution >= 0.6 is 22.7 Å². The molecule has 1 aliphatic rings. The number of hydrogen-bond donors (Lipinski definition) is 2. The van der Waals surface area contributed by atoms with Crippen molar-refractivity contribution in [3.05, 3.63) is 46.3 Å². The number of benzene rings is 1. The molecule has 0 unspecified atom stereocenters. The van der Waals surface area contributed by atoms with Crippen molar-refractivity contribution in [3.63, 3.8) is 0 Å². The van der Waals surface area contributed by atoms with Crippen LogP contribution in [0.15, 0.2) is 35.7 Å². The maximum Gasteiger partial charge on any atom is 0.267 e. The molecule has 1 aromatic carbocycles. The molecule has 1 amide bonds. The number of aromatic nitrogens is 1. The molecule has 4 rings (SSSR count). The Labute approximate surface area is 172 Å². The molecule has 0 radical (unpaired) electrons. The fraction of sp³-hybridized carbons (Fsp3) is 0.300. The van der Waals surface area contributed by atoms with Crippen molar-refractivity contribution in [1.82, 2.24) is 9.88 Å². The number of likely N-dealkylation sites (N-methyl/N-ethyl adjacent to an activating group) is 1. The third-order valence-electron chi connectivity index (χ3n) is 4.87. The van der Waals surface area contributed by atoms with Crippen molar-refractivity contribution in [3.8, 4) is 10.4 Å². The van der Waals surface area contributed by atoms with Gasteiger partial charge in [-0.05, 0) is 43.1 Å². The highest BCUT2D eigenvalue weighted by molar-refractivity contribution is 7.17. The lowest BCUT2D eigenvalue weighted by molar-refractivity contribution is 0.103. The van der Waals surface area contributed by atoms with Gasteiger partial charge in [-0.25, -0.2) is 4.98 Å². The summed E-state index contributed by atoms with van der Waals surface area (Å²) in [5.74, 6) is -0.162. The highest BCUT2D eigenvalue weighted by atomic mass is 32.1. The molecule has 3 aromatic rings. The van der Waals surface area contributed by atoms with E-state index in [1.165, 1.54) is 11.3 Å². The van der Waals surface area contributed by atoms with Gasteiger partial charge in [0.05, 0.1) is 17.1 Å². The SMILES string of the molecule is Cc1nc(N2CCN(C)CC2)sc1C(=O)Nc1cc(-c2cccs2)ccc1N. The summed E-state index contributed by atoms with van der Waals surface area (Å²) in [5.41, 5.74) is 9.08. The summed E-state index contributed by atoms with van der Waals surface area (Å²) in [6, 6.07) is 9.80. The molecule has 0 spiro atoms. The number of thiophene rings is 1. The van der Waals surface area contributed by atoms with Gasteiger partial charge in [-0.2, -0.15) is 0 Å². The van der Waals surface area contributed by atoms with Crippen LogP contribution < -0.4 is 16.0 Å². The predicted molar refractivity (Wildman–Crippen MR) is 119 cm³/mol. The van der Waals surface area contributed by atoms with Crippen molar-refractivity contribution in [1.29, 1.82) is 0 Å². The fourth-order valence-corrected chi connectivity index (χ4v) is 4.90. The summed E-state index contributed by atoms with van der Waals surface area (Å²) in [5, 5.41) is 5.92. The molecule has 8 heteroatoms. The van der Waals surface area contributed by atoms with E-state index < -0.39 is 0 Å². The van der Waals surface area contributed by atoms with Gasteiger partial charge in [0.15, 0.2) is 5.13 Å². The van der Waals surface area contributed by atoms with Crippen molar-refractivity contribution < 1.29 is 4.79 Å². The van der Waals surface area contributed by atoms with Gasteiger partial charge >= 0.3 is 0 Å². The van der Waals surface area contributed by atoms with Crippen molar-refractivity contribution in [2.24, 2.45) is 0 Å². The average Bonchev–Trinajstić information content (AvgIpc) is 3.34. The second-order valence-electron chi connectivity index (χ2n) is 6.93. The Morgan fingerprint density at radius 2 is 2.00 bits per heavy atom. The molecule has 3 heterocycles. The van der Waals surface area contributed by atoms with Crippen LogP contribution in [0.2, 0.25) is 0 Å². The number of aryl methyl sites for hydroxylation is 1. The van der Waals surface area contributed by atoms with Crippen LogP contribution in [0.5, 0.6) is 0 Å². The zero-order valence-corrected chi connectivity index (χ0v) is 17.6. The Morgan fingerprint density at radius 3 is 2.71 bits per heavy atom. The summed E-state index contributed by atoms with van der Waals surface area (Å²) in [7, 11) is 2.12. The Balaban J connectivity index is 1.53. The normalized spacial score (nSPS) is 15.0. The minimum absolute atomic E-state index is 0.162. The third-order valence-corrected chi connectivity index (χ3v) is 7.01. The quantitative estimate of drug-likeness (QED) is 0.637. The number of amides is 1. The number of nitrogens with one attached hydrogen (secondary N) is 1. The number of piperazine rings is 1. The van der Waals surface area contributed by atoms with Crippen LogP contribution in [0.1, 0.15) is 15.4 Å². The summed E-state index contributed by atoms with van der Waals surface area (Å²) < 4.78 is 0. The monoisotopic (exact) mass is 413 g/mol. The highest BCUT2D eigenvalue weighted by Gasteiger charge is 2.22. The van der Waals surface area contributed by atoms with Gasteiger partial charge in [-0.1, -0.05) is 23.5 Å². The molecule has 0 atom stereocenters. The van der Waals surface area contributed by atoms with E-state index in [1.54, 1.807) is 11.3 Å². The summed E-state index contributed by atoms with van der Waals surface area (Å²) in [4.78, 5) is 23.9. The minimum Gasteiger partial charge on any atom is -0.397 e. The first-order valence-corrected chi connectivity index (χ1v) is 10.9. The van der Waals surface area contributed by atoms with E-state index >= 15 is 0 Å². The first-order valence-electron chi connectivity index (χ1n) is 9.17. The molecule has 0 bridgehead atoms. The van der Waals surface area contributed by atoms with E-state index in [1.807, 2.05) is 36.6 Å². The van der Waals surface area contributed by atoms with E-state index in [0.29, 0.717) is 16.3 Å². The summed E-state index contributed by atoms with van der Waals surface area (Å²) in [6.07, 6.45) is 0. The minimum atomic E-state index is -0.162. The molecule has 6 nitrogen and oxygen atoms in total. The first kappa shape index (κ1) is 18.9. The van der Waals surface area contributed by atoms with Gasteiger partial charge < -0.3 is 20.9 Å². The number of nitrogen functional groups attached to an aromatic ring is 1. The van der Waals surface area contributed by atoms with Gasteiger partial charge in [0.1, 0.15) is 4.88 Å². The Bertz CT molecular complexity index is 975. The Hall–Kier alpha value is -2.42. The molecule has 28 heavy (non-hydrogen) atoms. The van der Waals surface area contributed by atoms with Crippen LogP contribution in [0.4, 0.5) is 16.5 Å². The zero-order valence-electron chi connectivity index (χ0n) is 15.9. The molecule has 0 saturated carbocycles. The van der Waals surface area contributed by atoms with E-state index in [-0.39, 0.29) is 5.91 Å². The maximum absolute atomic E-state index is 12.9. The highest BCUT2D eigenvalue weighted by Crippen LogP contribution is 2.32. The largest absolute Gasteiger partial charge is 0.397 e. The van der Waals surface area contributed by atoms with Crippen molar-refractivity contribution in [2.45, 2.75) is 6.92 Å². The Kier molecular flexibility index (Phi) is 5.34. The lowest BCUT2D eigenvalue weighted by atomic mass is 10.1. The van der Waals surface area contributed by atoms with Gasteiger partial charge in [0, 0.05) is 31.1 Å². The number of anilines is 3. The van der Waals surface area contributed by atoms with Crippen LogP contribution in [-0.2, 0) is 0 Å². The summed E-state index contributed by atoms with van der Waals surface area (Å²) >= 11 is 3.11. The number of hydrogen-bond acceptors (Lipinski definition) is 7. The molecule has 1 aliphatic heterocycles. The Morgan fingerprint density at radius 1 is 1.21 bits per heavy atom. The number of nitrogens with two attached hydrogens (primary N) is 1. The molecule has 146 valence electrons. The first-order chi connectivity index (χ1) is 13.5. The molecular weight excluding hydrogens is 390 g/mol. The average molecular weight is 414 g/mol. The van der Waals surface area contributed by atoms with Gasteiger partial charge in [-0.15, -0.1) is 11.3 Å².